The van der Waals surface area contributed by atoms with Gasteiger partial charge in [0.2, 0.25) is 0 Å². The van der Waals surface area contributed by atoms with Crippen molar-refractivity contribution < 1.29 is 33.6 Å². The lowest BCUT2D eigenvalue weighted by molar-refractivity contribution is -0.152. The minimum atomic E-state index is -0.940. The number of aliphatic hydroxyl groups excluding tert-OH is 1. The number of esters is 1. The van der Waals surface area contributed by atoms with Crippen molar-refractivity contribution >= 4 is 12.0 Å². The topological polar surface area (TPSA) is 83.5 Å². The van der Waals surface area contributed by atoms with Gasteiger partial charge in [0, 0.05) is 0 Å². The standard InChI is InChI=1S/C31H38O7/c1-19-16-20(2)28-23(17-19)8-7-9-27-29(38-31(4,5)37-27)25(32)14-15-26(21(3)36-30(28)33)35-18-22-10-12-24(34-6)13-11-22/h7-8,10-17,21,25-27,29,32H,9,18H2,1-6H3/b8-7+,15-14-/t21-,25?,26+,27-,29+/m0/s1. The zero-order valence-electron chi connectivity index (χ0n) is 23.0. The predicted molar refractivity (Wildman–Crippen MR) is 145 cm³/mol. The van der Waals surface area contributed by atoms with E-state index < -0.39 is 36.2 Å². The maximum absolute atomic E-state index is 13.4. The maximum Gasteiger partial charge on any atom is 0.339 e. The van der Waals surface area contributed by atoms with Gasteiger partial charge < -0.3 is 28.8 Å². The lowest BCUT2D eigenvalue weighted by Crippen LogP contribution is -2.35. The fourth-order valence-corrected chi connectivity index (χ4v) is 4.96. The summed E-state index contributed by atoms with van der Waals surface area (Å²) in [6, 6.07) is 11.5. The molecule has 0 aliphatic carbocycles. The molecule has 0 radical (unpaired) electrons. The molecule has 0 bridgehead atoms. The Kier molecular flexibility index (Phi) is 8.73. The second-order valence-electron chi connectivity index (χ2n) is 10.4. The Balaban J connectivity index is 1.66. The van der Waals surface area contributed by atoms with E-state index in [0.29, 0.717) is 12.0 Å². The summed E-state index contributed by atoms with van der Waals surface area (Å²) in [5, 5.41) is 11.1. The molecule has 1 saturated heterocycles. The van der Waals surface area contributed by atoms with Gasteiger partial charge in [0.15, 0.2) is 5.79 Å². The first-order chi connectivity index (χ1) is 18.1. The minimum Gasteiger partial charge on any atom is -0.497 e. The van der Waals surface area contributed by atoms with E-state index in [-0.39, 0.29) is 12.7 Å². The van der Waals surface area contributed by atoms with E-state index in [9.17, 15) is 9.90 Å². The summed E-state index contributed by atoms with van der Waals surface area (Å²) in [7, 11) is 1.62. The van der Waals surface area contributed by atoms with E-state index in [0.717, 1.165) is 28.0 Å². The van der Waals surface area contributed by atoms with E-state index in [2.05, 4.69) is 0 Å². The highest BCUT2D eigenvalue weighted by Crippen LogP contribution is 2.33. The fraction of sp³-hybridized carbons (Fsp3) is 0.452. The quantitative estimate of drug-likeness (QED) is 0.431. The molecular weight excluding hydrogens is 484 g/mol. The second kappa shape index (κ2) is 11.8. The van der Waals surface area contributed by atoms with Crippen LogP contribution in [0.4, 0.5) is 0 Å². The molecule has 2 aliphatic rings. The molecule has 5 atom stereocenters. The summed E-state index contributed by atoms with van der Waals surface area (Å²) in [5.41, 5.74) is 4.13. The molecule has 1 N–H and O–H groups in total. The van der Waals surface area contributed by atoms with Crippen LogP contribution < -0.4 is 4.74 Å². The highest BCUT2D eigenvalue weighted by Gasteiger charge is 2.43. The fourth-order valence-electron chi connectivity index (χ4n) is 4.96. The molecule has 2 aromatic rings. The molecule has 4 rings (SSSR count). The molecule has 0 spiro atoms. The van der Waals surface area contributed by atoms with Crippen LogP contribution in [-0.4, -0.2) is 54.5 Å². The number of methoxy groups -OCH3 is 1. The summed E-state index contributed by atoms with van der Waals surface area (Å²) in [4.78, 5) is 13.4. The third-order valence-electron chi connectivity index (χ3n) is 6.79. The third kappa shape index (κ3) is 6.72. The van der Waals surface area contributed by atoms with Crippen molar-refractivity contribution in [3.05, 3.63) is 82.4 Å². The van der Waals surface area contributed by atoms with Gasteiger partial charge in [0.25, 0.3) is 0 Å². The van der Waals surface area contributed by atoms with Gasteiger partial charge >= 0.3 is 5.97 Å². The van der Waals surface area contributed by atoms with Crippen molar-refractivity contribution in [3.63, 3.8) is 0 Å². The van der Waals surface area contributed by atoms with Gasteiger partial charge in [0.05, 0.1) is 25.4 Å². The molecule has 204 valence electrons. The van der Waals surface area contributed by atoms with E-state index in [1.807, 2.05) is 76.2 Å². The Hall–Kier alpha value is -2.97. The number of rotatable bonds is 4. The Labute approximate surface area is 225 Å². The summed E-state index contributed by atoms with van der Waals surface area (Å²) in [6.45, 7) is 9.66. The van der Waals surface area contributed by atoms with Gasteiger partial charge in [-0.1, -0.05) is 54.1 Å². The van der Waals surface area contributed by atoms with E-state index >= 15 is 0 Å². The minimum absolute atomic E-state index is 0.285. The van der Waals surface area contributed by atoms with E-state index in [4.69, 9.17) is 23.7 Å². The van der Waals surface area contributed by atoms with Crippen molar-refractivity contribution in [3.8, 4) is 5.75 Å². The van der Waals surface area contributed by atoms with Gasteiger partial charge in [-0.25, -0.2) is 4.79 Å². The monoisotopic (exact) mass is 522 g/mol. The third-order valence-corrected chi connectivity index (χ3v) is 6.79. The molecule has 2 heterocycles. The molecule has 2 aromatic carbocycles. The van der Waals surface area contributed by atoms with Crippen molar-refractivity contribution in [2.45, 2.75) is 84.0 Å². The van der Waals surface area contributed by atoms with Crippen LogP contribution in [0, 0.1) is 13.8 Å². The molecule has 7 heteroatoms. The molecule has 1 unspecified atom stereocenters. The van der Waals surface area contributed by atoms with Crippen LogP contribution in [0.15, 0.2) is 54.6 Å². The van der Waals surface area contributed by atoms with Crippen molar-refractivity contribution in [2.24, 2.45) is 0 Å². The Morgan fingerprint density at radius 1 is 1.08 bits per heavy atom. The second-order valence-corrected chi connectivity index (χ2v) is 10.4. The number of benzene rings is 2. The van der Waals surface area contributed by atoms with Crippen molar-refractivity contribution in [2.75, 3.05) is 7.11 Å². The van der Waals surface area contributed by atoms with Crippen LogP contribution in [0.5, 0.6) is 5.75 Å². The Morgan fingerprint density at radius 3 is 2.53 bits per heavy atom. The molecule has 1 fully saturated rings. The smallest absolute Gasteiger partial charge is 0.339 e. The highest BCUT2D eigenvalue weighted by molar-refractivity contribution is 5.95. The average Bonchev–Trinajstić information content (AvgIpc) is 3.17. The van der Waals surface area contributed by atoms with Gasteiger partial charge in [-0.05, 0) is 69.9 Å². The predicted octanol–water partition coefficient (Wildman–Crippen LogP) is 5.30. The Morgan fingerprint density at radius 2 is 1.82 bits per heavy atom. The SMILES string of the molecule is COc1ccc(CO[C@@H]2/C=C\C(O)[C@H]3OC(C)(C)O[C@H]3C/C=C/c3cc(C)cc(C)c3C(=O)O[C@H]2C)cc1. The van der Waals surface area contributed by atoms with Gasteiger partial charge in [0.1, 0.15) is 30.2 Å². The molecule has 0 saturated carbocycles. The summed E-state index contributed by atoms with van der Waals surface area (Å²) >= 11 is 0. The number of aliphatic hydroxyl groups is 1. The van der Waals surface area contributed by atoms with Gasteiger partial charge in [-0.15, -0.1) is 0 Å². The molecule has 2 aliphatic heterocycles. The average molecular weight is 523 g/mol. The lowest BCUT2D eigenvalue weighted by atomic mass is 9.97. The zero-order chi connectivity index (χ0) is 27.4. The summed E-state index contributed by atoms with van der Waals surface area (Å²) < 4.78 is 29.5. The number of cyclic esters (lactones) is 1. The summed E-state index contributed by atoms with van der Waals surface area (Å²) in [5.74, 6) is -0.488. The Bertz CT molecular complexity index is 1180. The largest absolute Gasteiger partial charge is 0.497 e. The molecule has 0 amide bonds. The number of carbonyl (C=O) groups is 1. The van der Waals surface area contributed by atoms with Crippen LogP contribution in [0.3, 0.4) is 0 Å². The normalized spacial score (nSPS) is 28.9. The molecule has 0 aromatic heterocycles. The highest BCUT2D eigenvalue weighted by atomic mass is 16.8. The van der Waals surface area contributed by atoms with Crippen LogP contribution >= 0.6 is 0 Å². The van der Waals surface area contributed by atoms with E-state index in [1.54, 1.807) is 26.2 Å². The number of hydrogen-bond donors (Lipinski definition) is 1. The number of ether oxygens (including phenoxy) is 5. The van der Waals surface area contributed by atoms with Crippen LogP contribution in [0.2, 0.25) is 0 Å². The molecular formula is C31H38O7. The van der Waals surface area contributed by atoms with Gasteiger partial charge in [-0.3, -0.25) is 0 Å². The van der Waals surface area contributed by atoms with Gasteiger partial charge in [-0.2, -0.15) is 0 Å². The van der Waals surface area contributed by atoms with E-state index in [1.165, 1.54) is 0 Å². The van der Waals surface area contributed by atoms with Crippen LogP contribution in [0.1, 0.15) is 59.8 Å². The molecule has 38 heavy (non-hydrogen) atoms. The first-order valence-electron chi connectivity index (χ1n) is 13.0. The first-order valence-corrected chi connectivity index (χ1v) is 13.0. The number of fused-ring (bicyclic) bond motifs is 2. The number of carbonyl (C=O) groups excluding carboxylic acids is 1. The first kappa shape index (κ1) is 28.0. The zero-order valence-corrected chi connectivity index (χ0v) is 23.0. The van der Waals surface area contributed by atoms with Crippen molar-refractivity contribution in [1.82, 2.24) is 0 Å². The number of hydrogen-bond acceptors (Lipinski definition) is 7. The molecule has 7 nitrogen and oxygen atoms in total. The van der Waals surface area contributed by atoms with Crippen molar-refractivity contribution in [1.29, 1.82) is 0 Å². The maximum atomic E-state index is 13.4. The summed E-state index contributed by atoms with van der Waals surface area (Å²) in [6.07, 6.45) is 4.66. The van der Waals surface area contributed by atoms with Crippen LogP contribution in [0.25, 0.3) is 6.08 Å². The van der Waals surface area contributed by atoms with Crippen LogP contribution in [-0.2, 0) is 25.6 Å². The lowest BCUT2D eigenvalue weighted by Gasteiger charge is -2.25. The number of aryl methyl sites for hydroxylation is 2.